The summed E-state index contributed by atoms with van der Waals surface area (Å²) in [5, 5.41) is 1.79. The van der Waals surface area contributed by atoms with Gasteiger partial charge in [-0.2, -0.15) is 0 Å². The molecule has 1 N–H and O–H groups in total. The van der Waals surface area contributed by atoms with Crippen LogP contribution in [0.2, 0.25) is 0 Å². The Morgan fingerprint density at radius 2 is 2.00 bits per heavy atom. The predicted octanol–water partition coefficient (Wildman–Crippen LogP) is 2.55. The Hall–Kier alpha value is 0.0500. The van der Waals surface area contributed by atoms with E-state index >= 15 is 0 Å². The molecule has 1 atom stereocenters. The maximum absolute atomic E-state index is 10.3. The number of amides is 1. The third-order valence-electron chi connectivity index (χ3n) is 1.43. The fourth-order valence-corrected chi connectivity index (χ4v) is 0.667. The van der Waals surface area contributed by atoms with Crippen molar-refractivity contribution in [3.63, 3.8) is 0 Å². The van der Waals surface area contributed by atoms with E-state index in [-0.39, 0.29) is 5.92 Å². The van der Waals surface area contributed by atoms with Gasteiger partial charge in [-0.3, -0.25) is 4.79 Å². The number of alkyl halides is 1. The van der Waals surface area contributed by atoms with E-state index in [4.69, 9.17) is 23.2 Å². The number of rotatable bonds is 2. The van der Waals surface area contributed by atoms with Gasteiger partial charge >= 0.3 is 5.37 Å². The topological polar surface area (TPSA) is 29.1 Å². The lowest BCUT2D eigenvalue weighted by Gasteiger charge is -2.26. The second-order valence-corrected chi connectivity index (χ2v) is 3.76. The number of halogens is 2. The van der Waals surface area contributed by atoms with Crippen molar-refractivity contribution in [3.05, 3.63) is 0 Å². The molecule has 0 heterocycles. The summed E-state index contributed by atoms with van der Waals surface area (Å²) in [6, 6.07) is 0. The zero-order chi connectivity index (χ0) is 8.36. The largest absolute Gasteiger partial charge is 0.324 e. The molecule has 0 aliphatic carbocycles. The molecule has 0 saturated carbocycles. The fraction of sp³-hybridized carbons (Fsp3) is 0.833. The average Bonchev–Trinajstić information content (AvgIpc) is 1.60. The van der Waals surface area contributed by atoms with Gasteiger partial charge in [-0.25, -0.2) is 0 Å². The van der Waals surface area contributed by atoms with Crippen LogP contribution in [0.3, 0.4) is 0 Å². The van der Waals surface area contributed by atoms with Gasteiger partial charge in [0, 0.05) is 0 Å². The van der Waals surface area contributed by atoms with E-state index in [0.29, 0.717) is 0 Å². The first-order chi connectivity index (χ1) is 4.36. The standard InChI is InChI=1S/C6H11Cl2NO/c1-4(2)6(3,8)9-5(7)10/h4H,1-3H3,(H,9,10). The van der Waals surface area contributed by atoms with Crippen molar-refractivity contribution in [2.45, 2.75) is 25.8 Å². The van der Waals surface area contributed by atoms with Crippen LogP contribution in [0.4, 0.5) is 4.79 Å². The molecule has 1 amide bonds. The Morgan fingerprint density at radius 1 is 1.60 bits per heavy atom. The number of hydrogen-bond acceptors (Lipinski definition) is 1. The number of carbonyl (C=O) groups is 1. The number of nitrogens with one attached hydrogen (secondary N) is 1. The summed E-state index contributed by atoms with van der Waals surface area (Å²) in [5.41, 5.74) is 0. The quantitative estimate of drug-likeness (QED) is 0.398. The van der Waals surface area contributed by atoms with Gasteiger partial charge in [0.25, 0.3) is 0 Å². The van der Waals surface area contributed by atoms with E-state index in [1.807, 2.05) is 13.8 Å². The number of hydrogen-bond donors (Lipinski definition) is 1. The van der Waals surface area contributed by atoms with Crippen LogP contribution in [0.25, 0.3) is 0 Å². The van der Waals surface area contributed by atoms with Crippen LogP contribution in [0.5, 0.6) is 0 Å². The third-order valence-corrected chi connectivity index (χ3v) is 2.05. The molecule has 1 unspecified atom stereocenters. The van der Waals surface area contributed by atoms with Crippen molar-refractivity contribution in [1.29, 1.82) is 0 Å². The molecular formula is C6H11Cl2NO. The molecule has 0 fully saturated rings. The molecule has 0 aromatic carbocycles. The molecule has 4 heteroatoms. The summed E-state index contributed by atoms with van der Waals surface area (Å²) >= 11 is 10.9. The van der Waals surface area contributed by atoms with Crippen LogP contribution in [0, 0.1) is 5.92 Å². The third kappa shape index (κ3) is 3.28. The average molecular weight is 184 g/mol. The second kappa shape index (κ2) is 3.44. The lowest BCUT2D eigenvalue weighted by atomic mass is 10.1. The van der Waals surface area contributed by atoms with E-state index in [9.17, 15) is 4.79 Å². The SMILES string of the molecule is CC(C)C(C)(Cl)NC(=O)Cl. The maximum atomic E-state index is 10.3. The Morgan fingerprint density at radius 3 is 2.10 bits per heavy atom. The van der Waals surface area contributed by atoms with Crippen LogP contribution in [-0.4, -0.2) is 10.4 Å². The van der Waals surface area contributed by atoms with Gasteiger partial charge in [-0.15, -0.1) is 0 Å². The van der Waals surface area contributed by atoms with Gasteiger partial charge in [-0.1, -0.05) is 25.4 Å². The van der Waals surface area contributed by atoms with Crippen molar-refractivity contribution in [2.75, 3.05) is 0 Å². The smallest absolute Gasteiger partial charge is 0.315 e. The van der Waals surface area contributed by atoms with Gasteiger partial charge in [0.15, 0.2) is 0 Å². The molecule has 0 bridgehead atoms. The van der Waals surface area contributed by atoms with Crippen molar-refractivity contribution in [3.8, 4) is 0 Å². The first-order valence-electron chi connectivity index (χ1n) is 3.03. The van der Waals surface area contributed by atoms with E-state index < -0.39 is 10.4 Å². The van der Waals surface area contributed by atoms with Crippen LogP contribution >= 0.6 is 23.2 Å². The highest BCUT2D eigenvalue weighted by Gasteiger charge is 2.26. The minimum Gasteiger partial charge on any atom is -0.324 e. The van der Waals surface area contributed by atoms with Gasteiger partial charge in [0.05, 0.1) is 0 Å². The van der Waals surface area contributed by atoms with Crippen molar-refractivity contribution in [1.82, 2.24) is 5.32 Å². The molecular weight excluding hydrogens is 173 g/mol. The summed E-state index contributed by atoms with van der Waals surface area (Å²) in [6.45, 7) is 5.51. The highest BCUT2D eigenvalue weighted by molar-refractivity contribution is 6.63. The van der Waals surface area contributed by atoms with Gasteiger partial charge in [0.2, 0.25) is 0 Å². The van der Waals surface area contributed by atoms with Crippen molar-refractivity contribution < 1.29 is 4.79 Å². The van der Waals surface area contributed by atoms with Crippen LogP contribution in [0.15, 0.2) is 0 Å². The summed E-state index contributed by atoms with van der Waals surface area (Å²) < 4.78 is 0. The molecule has 60 valence electrons. The van der Waals surface area contributed by atoms with E-state index in [1.165, 1.54) is 0 Å². The first kappa shape index (κ1) is 10.0. The summed E-state index contributed by atoms with van der Waals surface area (Å²) in [7, 11) is 0. The zero-order valence-corrected chi connectivity index (χ0v) is 7.75. The zero-order valence-electron chi connectivity index (χ0n) is 6.24. The normalized spacial score (nSPS) is 16.6. The summed E-state index contributed by atoms with van der Waals surface area (Å²) in [4.78, 5) is 9.60. The van der Waals surface area contributed by atoms with Crippen LogP contribution in [-0.2, 0) is 0 Å². The van der Waals surface area contributed by atoms with Crippen molar-refractivity contribution >= 4 is 28.6 Å². The molecule has 0 aliphatic rings. The highest BCUT2D eigenvalue weighted by atomic mass is 35.5. The molecule has 2 nitrogen and oxygen atoms in total. The molecule has 0 radical (unpaired) electrons. The van der Waals surface area contributed by atoms with Gasteiger partial charge < -0.3 is 5.32 Å². The first-order valence-corrected chi connectivity index (χ1v) is 3.78. The van der Waals surface area contributed by atoms with Crippen LogP contribution < -0.4 is 5.32 Å². The second-order valence-electron chi connectivity index (χ2n) is 2.63. The molecule has 10 heavy (non-hydrogen) atoms. The molecule has 0 rings (SSSR count). The van der Waals surface area contributed by atoms with Crippen molar-refractivity contribution in [2.24, 2.45) is 5.92 Å². The lowest BCUT2D eigenvalue weighted by Crippen LogP contribution is -2.42. The Kier molecular flexibility index (Phi) is 3.46. The van der Waals surface area contributed by atoms with E-state index in [1.54, 1.807) is 6.92 Å². The molecule has 0 spiro atoms. The minimum absolute atomic E-state index is 0.150. The molecule has 0 aliphatic heterocycles. The van der Waals surface area contributed by atoms with Gasteiger partial charge in [-0.05, 0) is 24.4 Å². The predicted molar refractivity (Wildman–Crippen MR) is 43.5 cm³/mol. The van der Waals surface area contributed by atoms with Crippen LogP contribution in [0.1, 0.15) is 20.8 Å². The lowest BCUT2D eigenvalue weighted by molar-refractivity contribution is 0.250. The minimum atomic E-state index is -0.737. The monoisotopic (exact) mass is 183 g/mol. The van der Waals surface area contributed by atoms with E-state index in [0.717, 1.165) is 0 Å². The van der Waals surface area contributed by atoms with E-state index in [2.05, 4.69) is 5.32 Å². The molecule has 0 aromatic heterocycles. The summed E-state index contributed by atoms with van der Waals surface area (Å²) in [5.74, 6) is 0.150. The summed E-state index contributed by atoms with van der Waals surface area (Å²) in [6.07, 6.45) is 0. The Balaban J connectivity index is 3.99. The molecule has 0 aromatic rings. The highest BCUT2D eigenvalue weighted by Crippen LogP contribution is 2.21. The number of carbonyl (C=O) groups excluding carboxylic acids is 1. The maximum Gasteiger partial charge on any atom is 0.315 e. The Labute approximate surface area is 70.9 Å². The van der Waals surface area contributed by atoms with Gasteiger partial charge in [0.1, 0.15) is 5.00 Å². The Bertz CT molecular complexity index is 134. The molecule has 0 saturated heterocycles. The fourth-order valence-electron chi connectivity index (χ4n) is 0.336.